The molecule has 492 valence electrons. The maximum atomic E-state index is 12.8. The average molecular weight is 1270 g/mol. The average Bonchev–Trinajstić information content (AvgIpc) is 0.783. The largest absolute Gasteiger partial charge is 0.458 e. The first-order valence-corrected chi connectivity index (χ1v) is 33.3. The van der Waals surface area contributed by atoms with E-state index < -0.39 is 93.8 Å². The summed E-state index contributed by atoms with van der Waals surface area (Å²) in [6.45, 7) is 31.6. The van der Waals surface area contributed by atoms with Crippen molar-refractivity contribution < 1.29 is 80.5 Å². The van der Waals surface area contributed by atoms with E-state index in [0.717, 1.165) is 11.1 Å². The molecule has 4 saturated heterocycles. The molecule has 0 saturated carbocycles. The zero-order valence-electron chi connectivity index (χ0n) is 54.9. The van der Waals surface area contributed by atoms with Crippen molar-refractivity contribution in [2.45, 2.75) is 220 Å². The summed E-state index contributed by atoms with van der Waals surface area (Å²) >= 11 is 0. The molecule has 0 aliphatic carbocycles. The molecule has 8 unspecified atom stereocenters. The number of azide groups is 1. The van der Waals surface area contributed by atoms with Gasteiger partial charge in [0.25, 0.3) is 8.32 Å². The molecule has 0 bridgehead atoms. The highest BCUT2D eigenvalue weighted by Gasteiger charge is 2.55. The van der Waals surface area contributed by atoms with Gasteiger partial charge in [0.1, 0.15) is 24.4 Å². The van der Waals surface area contributed by atoms with Crippen molar-refractivity contribution in [3.05, 3.63) is 143 Å². The second kappa shape index (κ2) is 34.2. The number of esters is 1. The minimum atomic E-state index is -2.95. The van der Waals surface area contributed by atoms with Crippen LogP contribution < -0.4 is 10.4 Å². The van der Waals surface area contributed by atoms with Crippen LogP contribution in [-0.2, 0) is 93.7 Å². The molecular weight excluding hydrogens is 1170 g/mol. The van der Waals surface area contributed by atoms with Crippen LogP contribution in [0.2, 0.25) is 5.04 Å². The molecule has 20 atom stereocenters. The van der Waals surface area contributed by atoms with E-state index in [1.807, 2.05) is 114 Å². The van der Waals surface area contributed by atoms with Crippen LogP contribution in [0.1, 0.15) is 121 Å². The van der Waals surface area contributed by atoms with Crippen molar-refractivity contribution >= 4 is 37.0 Å². The minimum Gasteiger partial charge on any atom is -0.458 e. The molecule has 4 aromatic carbocycles. The number of benzene rings is 4. The predicted molar refractivity (Wildman–Crippen MR) is 334 cm³/mol. The summed E-state index contributed by atoms with van der Waals surface area (Å²) in [6.07, 6.45) is -6.40. The highest BCUT2D eigenvalue weighted by molar-refractivity contribution is 6.99. The van der Waals surface area contributed by atoms with Gasteiger partial charge in [-0.15, -0.1) is 0 Å². The molecule has 0 amide bonds. The molecule has 4 aromatic rings. The van der Waals surface area contributed by atoms with Crippen LogP contribution in [0, 0.1) is 35.5 Å². The molecule has 4 heterocycles. The summed E-state index contributed by atoms with van der Waals surface area (Å²) in [4.78, 5) is 48.6. The van der Waals surface area contributed by atoms with Crippen LogP contribution in [0.3, 0.4) is 0 Å². The smallest absolute Gasteiger partial charge is 0.373 e. The number of hydrogen-bond acceptors (Lipinski definition) is 18. The topological polar surface area (TPSA) is 245 Å². The van der Waals surface area contributed by atoms with Gasteiger partial charge >= 0.3 is 18.3 Å². The van der Waals surface area contributed by atoms with Gasteiger partial charge in [0.15, 0.2) is 25.2 Å². The first kappa shape index (κ1) is 73.3. The monoisotopic (exact) mass is 1270 g/mol. The predicted octanol–water partition coefficient (Wildman–Crippen LogP) is 10.9. The first-order chi connectivity index (χ1) is 42.9. The molecule has 0 radical (unpaired) electrons. The lowest BCUT2D eigenvalue weighted by Gasteiger charge is -2.51. The van der Waals surface area contributed by atoms with Crippen LogP contribution in [0.15, 0.2) is 126 Å². The Morgan fingerprint density at radius 2 is 0.944 bits per heavy atom. The van der Waals surface area contributed by atoms with Crippen LogP contribution in [0.25, 0.3) is 10.4 Å². The number of carbonyl (C=O) groups is 1. The number of hydrogen-bond donors (Lipinski definition) is 0. The number of carbonyl (C=O) groups excluding carboxylic acids is 5. The van der Waals surface area contributed by atoms with E-state index in [0.29, 0.717) is 26.2 Å². The molecule has 90 heavy (non-hydrogen) atoms. The number of rotatable bonds is 22. The van der Waals surface area contributed by atoms with E-state index >= 15 is 0 Å². The van der Waals surface area contributed by atoms with Crippen molar-refractivity contribution in [3.63, 3.8) is 0 Å². The molecule has 0 aromatic heterocycles. The van der Waals surface area contributed by atoms with Gasteiger partial charge in [-0.2, -0.15) is 19.2 Å². The number of nitrogens with zero attached hydrogens (tertiary/aromatic N) is 3. The van der Waals surface area contributed by atoms with Crippen molar-refractivity contribution in [1.82, 2.24) is 0 Å². The van der Waals surface area contributed by atoms with E-state index in [9.17, 15) is 10.3 Å². The molecule has 8 rings (SSSR count). The number of ether oxygens (including phenoxy) is 11. The molecule has 21 heteroatoms. The van der Waals surface area contributed by atoms with E-state index in [1.165, 1.54) is 10.4 Å². The van der Waals surface area contributed by atoms with Gasteiger partial charge in [-0.25, -0.2) is 4.79 Å². The lowest BCUT2D eigenvalue weighted by atomic mass is 9.82. The lowest BCUT2D eigenvalue weighted by Crippen LogP contribution is -2.67. The van der Waals surface area contributed by atoms with E-state index in [1.54, 1.807) is 0 Å². The normalized spacial score (nSPS) is 32.0. The molecule has 0 N–H and O–H groups in total. The van der Waals surface area contributed by atoms with Crippen LogP contribution in [0.4, 0.5) is 0 Å². The molecule has 4 aliphatic rings. The van der Waals surface area contributed by atoms with Crippen molar-refractivity contribution in [1.29, 1.82) is 0 Å². The fourth-order valence-corrected chi connectivity index (χ4v) is 17.3. The van der Waals surface area contributed by atoms with E-state index in [2.05, 4.69) is 121 Å². The van der Waals surface area contributed by atoms with Crippen molar-refractivity contribution in [3.8, 4) is 0 Å². The van der Waals surface area contributed by atoms with E-state index in [-0.39, 0.29) is 71.7 Å². The third-order valence-electron chi connectivity index (χ3n) is 17.9. The second-order valence-electron chi connectivity index (χ2n) is 26.1. The SMILES string of the molecule is CCC1O[C@H](O[C@@H]2C(C)O[C@@H](OCC(=O)OC(C)(C)C)C(C)[C@@H]2OCc2ccccc2)C(C)[C@@H](C)[C@@H]1O[C@@H]1OC(C)[C@@H](O[C@H]2OC(CO[Si](c3ccccc3)(c3ccccc3)C(C)(C)C)[C@@H](C)[C@H](C)C2N=[N+]=[N-])[C@@H](OCc2ccccc2)C1C.O=C=O.O=C=O. The van der Waals surface area contributed by atoms with Gasteiger partial charge < -0.3 is 56.5 Å². The van der Waals surface area contributed by atoms with E-state index in [4.69, 9.17) is 75.7 Å². The summed E-state index contributed by atoms with van der Waals surface area (Å²) in [6, 6.07) is 40.6. The maximum Gasteiger partial charge on any atom is 0.373 e. The Labute approximate surface area is 532 Å². The Morgan fingerprint density at radius 1 is 0.522 bits per heavy atom. The minimum absolute atomic E-state index is 0.0550. The summed E-state index contributed by atoms with van der Waals surface area (Å²) < 4.78 is 81.9. The summed E-state index contributed by atoms with van der Waals surface area (Å²) in [5.74, 6) is -1.56. The maximum absolute atomic E-state index is 12.8. The summed E-state index contributed by atoms with van der Waals surface area (Å²) in [5.41, 5.74) is 11.4. The Bertz CT molecular complexity index is 2850. The van der Waals surface area contributed by atoms with Crippen molar-refractivity contribution in [2.75, 3.05) is 13.2 Å². The Kier molecular flexibility index (Phi) is 27.8. The van der Waals surface area contributed by atoms with Gasteiger partial charge in [-0.1, -0.05) is 196 Å². The molecule has 4 aliphatic heterocycles. The zero-order chi connectivity index (χ0) is 65.9. The molecule has 20 nitrogen and oxygen atoms in total. The Morgan fingerprint density at radius 3 is 1.40 bits per heavy atom. The fourth-order valence-electron chi connectivity index (χ4n) is 12.7. The van der Waals surface area contributed by atoms with Gasteiger partial charge in [0, 0.05) is 22.7 Å². The fraction of sp³-hybridized carbons (Fsp3) is 0.609. The third-order valence-corrected chi connectivity index (χ3v) is 22.9. The Balaban J connectivity index is 0.00000206. The Hall–Kier alpha value is -5.80. The standard InChI is InChI=1S/C67H95N3O13Si.2CO2/c1-16-53-57(43(4)44(5)63(78-53)81-60-47(8)76-62(74-40-55(71)83-66(10,11)12)45(6)58(60)72-37-49-29-21-17-22-30-49)80-64-46(7)59(73-38-50-31-23-18-24-32-50)61(48(9)77-64)82-65-56(69-70-68)42(3)41(2)54(79-65)39-75-84(67(13,14)15,51-33-25-19-26-34-51)52-35-27-20-28-36-52;2*2-1-3/h17-36,41-48,53-54,56-65H,16,37-40H2,1-15H3;;/t41-,42-,43+,44?,45?,46?,47?,48?,53?,54?,56?,57-,58-,59-,60+,61+,62+,63+,64-,65+;;/m0../s1. The first-order valence-electron chi connectivity index (χ1n) is 31.4. The van der Waals surface area contributed by atoms with Gasteiger partial charge in [0.05, 0.1) is 68.6 Å². The molecular formula is C69H95N3O17Si. The highest BCUT2D eigenvalue weighted by Crippen LogP contribution is 2.44. The molecule has 0 spiro atoms. The second-order valence-corrected chi connectivity index (χ2v) is 30.4. The van der Waals surface area contributed by atoms with Crippen molar-refractivity contribution in [2.24, 2.45) is 40.6 Å². The lowest BCUT2D eigenvalue weighted by molar-refractivity contribution is -0.365. The van der Waals surface area contributed by atoms with Crippen LogP contribution in [0.5, 0.6) is 0 Å². The highest BCUT2D eigenvalue weighted by atomic mass is 28.4. The van der Waals surface area contributed by atoms with Crippen LogP contribution in [-0.4, -0.2) is 132 Å². The summed E-state index contributed by atoms with van der Waals surface area (Å²) in [7, 11) is -2.95. The van der Waals surface area contributed by atoms with Gasteiger partial charge in [0.2, 0.25) is 0 Å². The zero-order valence-corrected chi connectivity index (χ0v) is 55.9. The van der Waals surface area contributed by atoms with Gasteiger partial charge in [-0.3, -0.25) is 0 Å². The van der Waals surface area contributed by atoms with Gasteiger partial charge in [-0.05, 0) is 90.9 Å². The third kappa shape index (κ3) is 18.7. The summed E-state index contributed by atoms with van der Waals surface area (Å²) in [5, 5.41) is 6.47. The quantitative estimate of drug-likeness (QED) is 0.0233. The molecule has 4 fully saturated rings. The van der Waals surface area contributed by atoms with Crippen LogP contribution >= 0.6 is 0 Å².